The molecule has 0 aliphatic carbocycles. The van der Waals surface area contributed by atoms with Gasteiger partial charge in [-0.3, -0.25) is 14.7 Å². The first-order chi connectivity index (χ1) is 16.7. The average molecular weight is 472 g/mol. The minimum Gasteiger partial charge on any atom is -0.497 e. The first kappa shape index (κ1) is 21.7. The van der Waals surface area contributed by atoms with Crippen LogP contribution in [-0.2, 0) is 17.8 Å². The van der Waals surface area contributed by atoms with Gasteiger partial charge in [-0.2, -0.15) is 4.98 Å². The SMILES string of the molecule is COc1ccc2nc(N(Cc3ccccc3)C(=O)CCc3nc(-c4cccnc4)no3)sc2c1. The minimum atomic E-state index is -0.0731. The monoisotopic (exact) mass is 471 g/mol. The van der Waals surface area contributed by atoms with Crippen molar-refractivity contribution in [1.82, 2.24) is 20.1 Å². The number of amides is 1. The molecule has 0 unspecified atom stereocenters. The summed E-state index contributed by atoms with van der Waals surface area (Å²) in [5, 5.41) is 4.64. The lowest BCUT2D eigenvalue weighted by molar-refractivity contribution is -0.118. The fraction of sp³-hybridized carbons (Fsp3) is 0.160. The van der Waals surface area contributed by atoms with E-state index in [4.69, 9.17) is 14.2 Å². The van der Waals surface area contributed by atoms with Gasteiger partial charge >= 0.3 is 0 Å². The summed E-state index contributed by atoms with van der Waals surface area (Å²) in [4.78, 5) is 28.3. The number of methoxy groups -OCH3 is 1. The number of rotatable bonds is 8. The molecule has 0 spiro atoms. The second-order valence-electron chi connectivity index (χ2n) is 7.55. The van der Waals surface area contributed by atoms with Crippen LogP contribution in [0.5, 0.6) is 5.75 Å². The highest BCUT2D eigenvalue weighted by Crippen LogP contribution is 2.32. The summed E-state index contributed by atoms with van der Waals surface area (Å²) in [5.74, 6) is 1.54. The molecule has 0 N–H and O–H groups in total. The number of nitrogens with zero attached hydrogens (tertiary/aromatic N) is 5. The molecule has 0 fully saturated rings. The van der Waals surface area contributed by atoms with E-state index in [2.05, 4.69) is 15.1 Å². The second-order valence-corrected chi connectivity index (χ2v) is 8.56. The predicted octanol–water partition coefficient (Wildman–Crippen LogP) is 4.92. The van der Waals surface area contributed by atoms with Crippen LogP contribution in [0.1, 0.15) is 17.9 Å². The standard InChI is InChI=1S/C25H21N5O3S/c1-32-19-9-10-20-21(14-19)34-25(27-20)30(16-17-6-3-2-4-7-17)23(31)12-11-22-28-24(29-33-22)18-8-5-13-26-15-18/h2-10,13-15H,11-12,16H2,1H3. The van der Waals surface area contributed by atoms with E-state index in [1.165, 1.54) is 11.3 Å². The Hall–Kier alpha value is -4.11. The van der Waals surface area contributed by atoms with E-state index in [1.807, 2.05) is 60.7 Å². The van der Waals surface area contributed by atoms with E-state index in [0.29, 0.717) is 29.8 Å². The molecule has 0 aliphatic heterocycles. The lowest BCUT2D eigenvalue weighted by Gasteiger charge is -2.19. The molecular weight excluding hydrogens is 450 g/mol. The maximum Gasteiger partial charge on any atom is 0.229 e. The molecule has 0 saturated heterocycles. The number of benzene rings is 2. The Morgan fingerprint density at radius 1 is 1.09 bits per heavy atom. The van der Waals surface area contributed by atoms with Crippen molar-refractivity contribution in [3.05, 3.63) is 84.5 Å². The molecule has 2 aromatic carbocycles. The Morgan fingerprint density at radius 2 is 1.97 bits per heavy atom. The van der Waals surface area contributed by atoms with Crippen LogP contribution in [0.4, 0.5) is 5.13 Å². The molecule has 170 valence electrons. The van der Waals surface area contributed by atoms with Crippen molar-refractivity contribution in [2.24, 2.45) is 0 Å². The number of thiazole rings is 1. The molecule has 5 aromatic rings. The van der Waals surface area contributed by atoms with E-state index in [-0.39, 0.29) is 12.3 Å². The number of carbonyl (C=O) groups is 1. The third-order valence-corrected chi connectivity index (χ3v) is 6.28. The van der Waals surface area contributed by atoms with Gasteiger partial charge in [-0.25, -0.2) is 4.98 Å². The fourth-order valence-corrected chi connectivity index (χ4v) is 4.49. The van der Waals surface area contributed by atoms with E-state index >= 15 is 0 Å². The van der Waals surface area contributed by atoms with Crippen LogP contribution >= 0.6 is 11.3 Å². The topological polar surface area (TPSA) is 94.2 Å². The van der Waals surface area contributed by atoms with Gasteiger partial charge in [-0.15, -0.1) is 0 Å². The molecular formula is C25H21N5O3S. The van der Waals surface area contributed by atoms with Gasteiger partial charge in [0.15, 0.2) is 5.13 Å². The van der Waals surface area contributed by atoms with Crippen LogP contribution in [0.25, 0.3) is 21.6 Å². The number of ether oxygens (including phenoxy) is 1. The normalized spacial score (nSPS) is 11.0. The number of fused-ring (bicyclic) bond motifs is 1. The van der Waals surface area contributed by atoms with Gasteiger partial charge in [0.25, 0.3) is 0 Å². The van der Waals surface area contributed by atoms with Gasteiger partial charge in [-0.1, -0.05) is 46.8 Å². The smallest absolute Gasteiger partial charge is 0.229 e. The van der Waals surface area contributed by atoms with Crippen molar-refractivity contribution in [1.29, 1.82) is 0 Å². The van der Waals surface area contributed by atoms with Crippen molar-refractivity contribution >= 4 is 32.6 Å². The summed E-state index contributed by atoms with van der Waals surface area (Å²) in [6.45, 7) is 0.418. The number of carbonyl (C=O) groups excluding carboxylic acids is 1. The first-order valence-electron chi connectivity index (χ1n) is 10.7. The van der Waals surface area contributed by atoms with Crippen LogP contribution in [0.3, 0.4) is 0 Å². The molecule has 0 saturated carbocycles. The van der Waals surface area contributed by atoms with Crippen LogP contribution < -0.4 is 9.64 Å². The zero-order chi connectivity index (χ0) is 23.3. The Kier molecular flexibility index (Phi) is 6.26. The highest BCUT2D eigenvalue weighted by molar-refractivity contribution is 7.22. The highest BCUT2D eigenvalue weighted by Gasteiger charge is 2.21. The van der Waals surface area contributed by atoms with Crippen LogP contribution in [0.2, 0.25) is 0 Å². The minimum absolute atomic E-state index is 0.0731. The van der Waals surface area contributed by atoms with Crippen LogP contribution in [-0.4, -0.2) is 33.1 Å². The van der Waals surface area contributed by atoms with Gasteiger partial charge < -0.3 is 9.26 Å². The summed E-state index contributed by atoms with van der Waals surface area (Å²) in [7, 11) is 1.63. The third kappa shape index (κ3) is 4.79. The molecule has 9 heteroatoms. The maximum atomic E-state index is 13.4. The highest BCUT2D eigenvalue weighted by atomic mass is 32.1. The number of anilines is 1. The van der Waals surface area contributed by atoms with E-state index in [1.54, 1.807) is 24.4 Å². The molecule has 1 amide bonds. The maximum absolute atomic E-state index is 13.4. The van der Waals surface area contributed by atoms with Gasteiger partial charge in [-0.05, 0) is 35.9 Å². The summed E-state index contributed by atoms with van der Waals surface area (Å²) < 4.78 is 11.6. The van der Waals surface area contributed by atoms with E-state index in [0.717, 1.165) is 27.1 Å². The van der Waals surface area contributed by atoms with E-state index in [9.17, 15) is 4.79 Å². The molecule has 0 radical (unpaired) electrons. The predicted molar refractivity (Wildman–Crippen MR) is 130 cm³/mol. The molecule has 0 atom stereocenters. The molecule has 5 rings (SSSR count). The van der Waals surface area contributed by atoms with Crippen molar-refractivity contribution in [2.45, 2.75) is 19.4 Å². The largest absolute Gasteiger partial charge is 0.497 e. The quantitative estimate of drug-likeness (QED) is 0.317. The van der Waals surface area contributed by atoms with E-state index < -0.39 is 0 Å². The van der Waals surface area contributed by atoms with Gasteiger partial charge in [0.05, 0.1) is 23.9 Å². The third-order valence-electron chi connectivity index (χ3n) is 5.24. The molecule has 3 heterocycles. The Labute approximate surface area is 199 Å². The second kappa shape index (κ2) is 9.80. The Bertz CT molecular complexity index is 1400. The van der Waals surface area contributed by atoms with Gasteiger partial charge in [0.2, 0.25) is 17.6 Å². The number of hydrogen-bond acceptors (Lipinski definition) is 8. The zero-order valence-electron chi connectivity index (χ0n) is 18.4. The fourth-order valence-electron chi connectivity index (χ4n) is 3.48. The van der Waals surface area contributed by atoms with Gasteiger partial charge in [0, 0.05) is 30.8 Å². The lowest BCUT2D eigenvalue weighted by atomic mass is 10.2. The molecule has 34 heavy (non-hydrogen) atoms. The van der Waals surface area contributed by atoms with Gasteiger partial charge in [0.1, 0.15) is 5.75 Å². The summed E-state index contributed by atoms with van der Waals surface area (Å²) >= 11 is 1.46. The molecule has 3 aromatic heterocycles. The van der Waals surface area contributed by atoms with Crippen molar-refractivity contribution in [3.8, 4) is 17.1 Å². The first-order valence-corrected chi connectivity index (χ1v) is 11.5. The van der Waals surface area contributed by atoms with Crippen molar-refractivity contribution in [2.75, 3.05) is 12.0 Å². The molecule has 0 aliphatic rings. The zero-order valence-corrected chi connectivity index (χ0v) is 19.2. The van der Waals surface area contributed by atoms with Crippen LogP contribution in [0, 0.1) is 0 Å². The Morgan fingerprint density at radius 3 is 2.76 bits per heavy atom. The van der Waals surface area contributed by atoms with Crippen molar-refractivity contribution in [3.63, 3.8) is 0 Å². The number of pyridine rings is 1. The lowest BCUT2D eigenvalue weighted by Crippen LogP contribution is -2.30. The number of hydrogen-bond donors (Lipinski definition) is 0. The van der Waals surface area contributed by atoms with Crippen LogP contribution in [0.15, 0.2) is 77.6 Å². The number of aromatic nitrogens is 4. The summed E-state index contributed by atoms with van der Waals surface area (Å²) in [5.41, 5.74) is 2.61. The Balaban J connectivity index is 1.37. The summed E-state index contributed by atoms with van der Waals surface area (Å²) in [6.07, 6.45) is 3.89. The molecule has 8 nitrogen and oxygen atoms in total. The summed E-state index contributed by atoms with van der Waals surface area (Å²) in [6, 6.07) is 19.2. The average Bonchev–Trinajstić information content (AvgIpc) is 3.53. The molecule has 0 bridgehead atoms. The number of aryl methyl sites for hydroxylation is 1. The van der Waals surface area contributed by atoms with Crippen molar-refractivity contribution < 1.29 is 14.1 Å².